The Bertz CT molecular complexity index is 159. The minimum atomic E-state index is 0.406. The van der Waals surface area contributed by atoms with Crippen LogP contribution in [-0.2, 0) is 4.74 Å². The largest absolute Gasteiger partial charge is 0.380 e. The zero-order valence-corrected chi connectivity index (χ0v) is 8.24. The lowest BCUT2D eigenvalue weighted by molar-refractivity contribution is 0.103. The van der Waals surface area contributed by atoms with E-state index in [-0.39, 0.29) is 0 Å². The average molecular weight is 184 g/mol. The maximum Gasteiger partial charge on any atom is 0.0593 e. The van der Waals surface area contributed by atoms with Crippen molar-refractivity contribution >= 4 is 0 Å². The van der Waals surface area contributed by atoms with Gasteiger partial charge in [0.25, 0.3) is 0 Å². The highest BCUT2D eigenvalue weighted by Crippen LogP contribution is 2.28. The van der Waals surface area contributed by atoms with Gasteiger partial charge < -0.3 is 10.5 Å². The third kappa shape index (κ3) is 3.25. The minimum Gasteiger partial charge on any atom is -0.380 e. The van der Waals surface area contributed by atoms with E-state index in [0.717, 1.165) is 45.2 Å². The molecule has 1 heterocycles. The van der Waals surface area contributed by atoms with Gasteiger partial charge in [0, 0.05) is 25.7 Å². The van der Waals surface area contributed by atoms with Crippen LogP contribution in [0.5, 0.6) is 0 Å². The molecule has 1 unspecified atom stereocenters. The summed E-state index contributed by atoms with van der Waals surface area (Å²) in [6.45, 7) is 5.17. The van der Waals surface area contributed by atoms with E-state index in [1.807, 2.05) is 0 Å². The van der Waals surface area contributed by atoms with Crippen molar-refractivity contribution < 1.29 is 4.74 Å². The van der Waals surface area contributed by atoms with Crippen LogP contribution < -0.4 is 5.73 Å². The number of rotatable bonds is 5. The van der Waals surface area contributed by atoms with E-state index < -0.39 is 0 Å². The predicted octanol–water partition coefficient (Wildman–Crippen LogP) is 0.446. The molecule has 1 saturated carbocycles. The van der Waals surface area contributed by atoms with Crippen molar-refractivity contribution in [2.75, 3.05) is 32.8 Å². The van der Waals surface area contributed by atoms with Crippen molar-refractivity contribution in [2.24, 2.45) is 11.7 Å². The van der Waals surface area contributed by atoms with Gasteiger partial charge in [0.15, 0.2) is 0 Å². The van der Waals surface area contributed by atoms with E-state index in [4.69, 9.17) is 10.5 Å². The first-order chi connectivity index (χ1) is 6.34. The normalized spacial score (nSPS) is 29.8. The molecular formula is C10H20N2O. The van der Waals surface area contributed by atoms with Gasteiger partial charge in [-0.2, -0.15) is 0 Å². The molecule has 0 radical (unpaired) electrons. The average Bonchev–Trinajstić information content (AvgIpc) is 2.84. The summed E-state index contributed by atoms with van der Waals surface area (Å²) in [7, 11) is 0. The second-order valence-electron chi connectivity index (χ2n) is 4.37. The van der Waals surface area contributed by atoms with Crippen LogP contribution in [0.25, 0.3) is 0 Å². The van der Waals surface area contributed by atoms with E-state index in [9.17, 15) is 0 Å². The van der Waals surface area contributed by atoms with Gasteiger partial charge in [-0.25, -0.2) is 0 Å². The summed E-state index contributed by atoms with van der Waals surface area (Å²) in [5, 5.41) is 0. The van der Waals surface area contributed by atoms with Crippen LogP contribution in [0.2, 0.25) is 0 Å². The molecule has 0 spiro atoms. The summed E-state index contributed by atoms with van der Waals surface area (Å²) in [5.41, 5.74) is 5.81. The second kappa shape index (κ2) is 4.40. The van der Waals surface area contributed by atoms with E-state index in [1.165, 1.54) is 12.8 Å². The quantitative estimate of drug-likeness (QED) is 0.630. The molecule has 2 N–H and O–H groups in total. The molecule has 13 heavy (non-hydrogen) atoms. The molecule has 0 aromatic carbocycles. The summed E-state index contributed by atoms with van der Waals surface area (Å²) in [5.74, 6) is 0.890. The number of ether oxygens (including phenoxy) is 1. The minimum absolute atomic E-state index is 0.406. The SMILES string of the molecule is NC1CCN(CCOCC2CC2)C1. The van der Waals surface area contributed by atoms with E-state index >= 15 is 0 Å². The topological polar surface area (TPSA) is 38.5 Å². The summed E-state index contributed by atoms with van der Waals surface area (Å²) < 4.78 is 5.57. The van der Waals surface area contributed by atoms with Crippen molar-refractivity contribution in [1.29, 1.82) is 0 Å². The molecule has 0 bridgehead atoms. The van der Waals surface area contributed by atoms with Gasteiger partial charge in [0.1, 0.15) is 0 Å². The van der Waals surface area contributed by atoms with E-state index in [0.29, 0.717) is 6.04 Å². The predicted molar refractivity (Wildman–Crippen MR) is 52.6 cm³/mol. The highest BCUT2D eigenvalue weighted by atomic mass is 16.5. The number of nitrogens with zero attached hydrogens (tertiary/aromatic N) is 1. The Morgan fingerprint density at radius 1 is 1.31 bits per heavy atom. The van der Waals surface area contributed by atoms with Gasteiger partial charge >= 0.3 is 0 Å². The first-order valence-corrected chi connectivity index (χ1v) is 5.40. The Morgan fingerprint density at radius 3 is 2.77 bits per heavy atom. The number of likely N-dealkylation sites (tertiary alicyclic amines) is 1. The molecule has 0 aromatic heterocycles. The lowest BCUT2D eigenvalue weighted by Crippen LogP contribution is -2.29. The standard InChI is InChI=1S/C10H20N2O/c11-10-3-4-12(7-10)5-6-13-8-9-1-2-9/h9-10H,1-8,11H2. The molecule has 2 fully saturated rings. The maximum atomic E-state index is 5.81. The first-order valence-electron chi connectivity index (χ1n) is 5.40. The third-order valence-electron chi connectivity index (χ3n) is 2.91. The first kappa shape index (κ1) is 9.44. The summed E-state index contributed by atoms with van der Waals surface area (Å²) in [6.07, 6.45) is 3.92. The van der Waals surface area contributed by atoms with Gasteiger partial charge in [0.2, 0.25) is 0 Å². The van der Waals surface area contributed by atoms with Crippen LogP contribution in [0, 0.1) is 5.92 Å². The fourth-order valence-electron chi connectivity index (χ4n) is 1.79. The van der Waals surface area contributed by atoms with Crippen LogP contribution in [0.15, 0.2) is 0 Å². The van der Waals surface area contributed by atoms with Crippen molar-refractivity contribution in [3.63, 3.8) is 0 Å². The van der Waals surface area contributed by atoms with Gasteiger partial charge in [-0.3, -0.25) is 4.90 Å². The maximum absolute atomic E-state index is 5.81. The van der Waals surface area contributed by atoms with Crippen molar-refractivity contribution in [3.8, 4) is 0 Å². The van der Waals surface area contributed by atoms with Crippen molar-refractivity contribution in [1.82, 2.24) is 4.90 Å². The number of hydrogen-bond acceptors (Lipinski definition) is 3. The summed E-state index contributed by atoms with van der Waals surface area (Å²) in [6, 6.07) is 0.406. The Hall–Kier alpha value is -0.120. The van der Waals surface area contributed by atoms with Crippen molar-refractivity contribution in [2.45, 2.75) is 25.3 Å². The number of hydrogen-bond donors (Lipinski definition) is 1. The zero-order valence-electron chi connectivity index (χ0n) is 8.24. The lowest BCUT2D eigenvalue weighted by atomic mass is 10.3. The van der Waals surface area contributed by atoms with Gasteiger partial charge in [-0.1, -0.05) is 0 Å². The Morgan fingerprint density at radius 2 is 2.15 bits per heavy atom. The van der Waals surface area contributed by atoms with Gasteiger partial charge in [-0.05, 0) is 31.7 Å². The molecular weight excluding hydrogens is 164 g/mol. The lowest BCUT2D eigenvalue weighted by Gasteiger charge is -2.14. The molecule has 2 aliphatic rings. The van der Waals surface area contributed by atoms with Crippen LogP contribution >= 0.6 is 0 Å². The smallest absolute Gasteiger partial charge is 0.0593 e. The summed E-state index contributed by atoms with van der Waals surface area (Å²) >= 11 is 0. The van der Waals surface area contributed by atoms with Gasteiger partial charge in [0.05, 0.1) is 6.61 Å². The Balaban J connectivity index is 1.47. The highest BCUT2D eigenvalue weighted by Gasteiger charge is 2.22. The van der Waals surface area contributed by atoms with E-state index in [2.05, 4.69) is 4.90 Å². The monoisotopic (exact) mass is 184 g/mol. The molecule has 0 amide bonds. The van der Waals surface area contributed by atoms with Gasteiger partial charge in [-0.15, -0.1) is 0 Å². The number of nitrogens with two attached hydrogens (primary N) is 1. The molecule has 2 rings (SSSR count). The fraction of sp³-hybridized carbons (Fsp3) is 1.00. The van der Waals surface area contributed by atoms with Crippen LogP contribution in [0.3, 0.4) is 0 Å². The third-order valence-corrected chi connectivity index (χ3v) is 2.91. The van der Waals surface area contributed by atoms with Crippen LogP contribution in [0.1, 0.15) is 19.3 Å². The Labute approximate surface area is 80.2 Å². The molecule has 76 valence electrons. The molecule has 1 aliphatic heterocycles. The molecule has 0 aromatic rings. The molecule has 1 saturated heterocycles. The fourth-order valence-corrected chi connectivity index (χ4v) is 1.79. The Kier molecular flexibility index (Phi) is 3.19. The van der Waals surface area contributed by atoms with E-state index in [1.54, 1.807) is 0 Å². The zero-order chi connectivity index (χ0) is 9.10. The van der Waals surface area contributed by atoms with Crippen LogP contribution in [0.4, 0.5) is 0 Å². The molecule has 1 atom stereocenters. The second-order valence-corrected chi connectivity index (χ2v) is 4.37. The van der Waals surface area contributed by atoms with Crippen LogP contribution in [-0.4, -0.2) is 43.8 Å². The highest BCUT2D eigenvalue weighted by molar-refractivity contribution is 4.77. The molecule has 3 nitrogen and oxygen atoms in total. The van der Waals surface area contributed by atoms with Crippen molar-refractivity contribution in [3.05, 3.63) is 0 Å². The summed E-state index contributed by atoms with van der Waals surface area (Å²) in [4.78, 5) is 2.40. The molecule has 1 aliphatic carbocycles. The molecule has 3 heteroatoms.